The Morgan fingerprint density at radius 1 is 1.12 bits per heavy atom. The Balaban J connectivity index is 1.51. The lowest BCUT2D eigenvalue weighted by molar-refractivity contribution is 0.126. The number of halogens is 2. The number of hydrogen-bond acceptors (Lipinski definition) is 7. The standard InChI is InChI=1S/C22H26F2N6O2/c1-12-8-13(23)9-17(24)19(12)28-22-27-18-10-25-21(26-14-2-4-16(31)5-3-14)29-20(18)30(22)15-6-7-32-11-15/h8-10,14-16,31H,2-7,11H2,1H3,(H,27,28)(H,25,26,29)/t14?,15-,16?/m0/s1/i21+1. The van der Waals surface area contributed by atoms with Crippen molar-refractivity contribution in [2.45, 2.75) is 57.2 Å². The maximum Gasteiger partial charge on any atom is 0.224 e. The lowest BCUT2D eigenvalue weighted by Crippen LogP contribution is -2.29. The molecule has 3 N–H and O–H groups in total. The molecule has 1 saturated heterocycles. The Morgan fingerprint density at radius 2 is 1.94 bits per heavy atom. The van der Waals surface area contributed by atoms with Gasteiger partial charge in [-0.1, -0.05) is 0 Å². The summed E-state index contributed by atoms with van der Waals surface area (Å²) in [4.78, 5) is 13.7. The Morgan fingerprint density at radius 3 is 2.66 bits per heavy atom. The van der Waals surface area contributed by atoms with Crippen molar-refractivity contribution in [3.05, 3.63) is 35.5 Å². The van der Waals surface area contributed by atoms with Crippen molar-refractivity contribution in [3.63, 3.8) is 0 Å². The molecule has 2 fully saturated rings. The van der Waals surface area contributed by atoms with E-state index in [4.69, 9.17) is 9.72 Å². The second kappa shape index (κ2) is 8.59. The van der Waals surface area contributed by atoms with Crippen molar-refractivity contribution in [2.75, 3.05) is 23.8 Å². The molecule has 1 aliphatic carbocycles. The predicted octanol–water partition coefficient (Wildman–Crippen LogP) is 3.83. The molecule has 1 atom stereocenters. The molecule has 170 valence electrons. The third-order valence-electron chi connectivity index (χ3n) is 6.22. The molecule has 0 amide bonds. The SMILES string of the molecule is Cc1cc(F)cc(F)c1Nc1nc2cn[13c](NC3CCC(O)CC3)nc2n1[C@H]1CCOC1. The number of aryl methyl sites for hydroxylation is 1. The van der Waals surface area contributed by atoms with E-state index in [0.717, 1.165) is 38.2 Å². The fraction of sp³-hybridized carbons (Fsp3) is 0.500. The average Bonchev–Trinajstić information content (AvgIpc) is 3.39. The van der Waals surface area contributed by atoms with E-state index < -0.39 is 11.6 Å². The zero-order valence-corrected chi connectivity index (χ0v) is 17.8. The van der Waals surface area contributed by atoms with Gasteiger partial charge in [0.05, 0.1) is 30.6 Å². The molecule has 1 saturated carbocycles. The van der Waals surface area contributed by atoms with Gasteiger partial charge in [-0.3, -0.25) is 4.57 Å². The molecule has 10 heteroatoms. The lowest BCUT2D eigenvalue weighted by atomic mass is 9.94. The zero-order chi connectivity index (χ0) is 22.2. The van der Waals surface area contributed by atoms with Crippen LogP contribution in [0.5, 0.6) is 0 Å². The van der Waals surface area contributed by atoms with Crippen LogP contribution >= 0.6 is 0 Å². The number of ether oxygens (including phenoxy) is 1. The van der Waals surface area contributed by atoms with Crippen LogP contribution in [-0.2, 0) is 4.74 Å². The number of aromatic nitrogens is 4. The second-order valence-electron chi connectivity index (χ2n) is 8.58. The van der Waals surface area contributed by atoms with Crippen LogP contribution in [0.3, 0.4) is 0 Å². The van der Waals surface area contributed by atoms with Crippen molar-refractivity contribution in [1.82, 2.24) is 19.5 Å². The van der Waals surface area contributed by atoms with E-state index in [1.54, 1.807) is 13.1 Å². The molecule has 8 nitrogen and oxygen atoms in total. The van der Waals surface area contributed by atoms with Gasteiger partial charge in [0, 0.05) is 18.7 Å². The molecule has 3 heterocycles. The van der Waals surface area contributed by atoms with Crippen LogP contribution in [0.4, 0.5) is 26.4 Å². The summed E-state index contributed by atoms with van der Waals surface area (Å²) in [6.45, 7) is 2.76. The highest BCUT2D eigenvalue weighted by Crippen LogP contribution is 2.32. The minimum absolute atomic E-state index is 0.0149. The second-order valence-corrected chi connectivity index (χ2v) is 8.58. The Bertz CT molecular complexity index is 1100. The van der Waals surface area contributed by atoms with Crippen LogP contribution in [0.2, 0.25) is 0 Å². The summed E-state index contributed by atoms with van der Waals surface area (Å²) in [6, 6.07) is 2.32. The number of hydrogen-bond donors (Lipinski definition) is 3. The molecule has 0 radical (unpaired) electrons. The molecule has 2 aliphatic rings. The number of nitrogens with zero attached hydrogens (tertiary/aromatic N) is 4. The summed E-state index contributed by atoms with van der Waals surface area (Å²) < 4.78 is 35.5. The van der Waals surface area contributed by atoms with E-state index in [1.807, 2.05) is 4.57 Å². The van der Waals surface area contributed by atoms with Gasteiger partial charge in [-0.15, -0.1) is 0 Å². The third-order valence-corrected chi connectivity index (χ3v) is 6.22. The van der Waals surface area contributed by atoms with Crippen molar-refractivity contribution in [2.24, 2.45) is 0 Å². The molecule has 0 bridgehead atoms. The monoisotopic (exact) mass is 445 g/mol. The Hall–Kier alpha value is -2.85. The van der Waals surface area contributed by atoms with E-state index in [9.17, 15) is 13.9 Å². The first-order chi connectivity index (χ1) is 15.5. The van der Waals surface area contributed by atoms with E-state index in [2.05, 4.69) is 20.6 Å². The maximum absolute atomic E-state index is 14.5. The van der Waals surface area contributed by atoms with E-state index in [-0.39, 0.29) is 23.9 Å². The van der Waals surface area contributed by atoms with Crippen LogP contribution in [0.1, 0.15) is 43.7 Å². The van der Waals surface area contributed by atoms with Gasteiger partial charge < -0.3 is 20.5 Å². The molecule has 1 aromatic carbocycles. The number of anilines is 3. The quantitative estimate of drug-likeness (QED) is 0.549. The minimum Gasteiger partial charge on any atom is -0.393 e. The number of nitrogens with one attached hydrogen (secondary N) is 2. The fourth-order valence-electron chi connectivity index (χ4n) is 4.50. The van der Waals surface area contributed by atoms with E-state index in [0.29, 0.717) is 41.8 Å². The van der Waals surface area contributed by atoms with Crippen molar-refractivity contribution in [3.8, 4) is 0 Å². The average molecular weight is 445 g/mol. The zero-order valence-electron chi connectivity index (χ0n) is 17.8. The summed E-state index contributed by atoms with van der Waals surface area (Å²) in [7, 11) is 0. The fourth-order valence-corrected chi connectivity index (χ4v) is 4.50. The number of benzene rings is 1. The molecular formula is C22H26F2N6O2. The van der Waals surface area contributed by atoms with Gasteiger partial charge in [0.1, 0.15) is 17.2 Å². The first kappa shape index (κ1) is 21.0. The van der Waals surface area contributed by atoms with Gasteiger partial charge in [0.25, 0.3) is 0 Å². The van der Waals surface area contributed by atoms with Crippen molar-refractivity contribution >= 4 is 28.7 Å². The first-order valence-corrected chi connectivity index (χ1v) is 11.0. The normalized spacial score (nSPS) is 23.6. The van der Waals surface area contributed by atoms with Gasteiger partial charge in [0.15, 0.2) is 5.65 Å². The summed E-state index contributed by atoms with van der Waals surface area (Å²) in [6.07, 6.45) is 5.42. The van der Waals surface area contributed by atoms with Gasteiger partial charge >= 0.3 is 0 Å². The molecule has 3 aromatic rings. The van der Waals surface area contributed by atoms with Crippen LogP contribution < -0.4 is 10.6 Å². The van der Waals surface area contributed by atoms with Crippen LogP contribution in [-0.4, -0.2) is 50.0 Å². The van der Waals surface area contributed by atoms with E-state index >= 15 is 0 Å². The summed E-state index contributed by atoms with van der Waals surface area (Å²) in [5, 5.41) is 16.1. The smallest absolute Gasteiger partial charge is 0.224 e. The number of rotatable bonds is 5. The van der Waals surface area contributed by atoms with Gasteiger partial charge in [0.2, 0.25) is 11.9 Å². The molecule has 2 aromatic heterocycles. The van der Waals surface area contributed by atoms with Crippen molar-refractivity contribution in [1.29, 1.82) is 0 Å². The predicted molar refractivity (Wildman–Crippen MR) is 116 cm³/mol. The van der Waals surface area contributed by atoms with Gasteiger partial charge in [-0.25, -0.2) is 18.7 Å². The highest BCUT2D eigenvalue weighted by Gasteiger charge is 2.26. The van der Waals surface area contributed by atoms with Gasteiger partial charge in [-0.05, 0) is 50.7 Å². The van der Waals surface area contributed by atoms with E-state index in [1.165, 1.54) is 6.07 Å². The summed E-state index contributed by atoms with van der Waals surface area (Å²) in [5.74, 6) is -0.400. The first-order valence-electron chi connectivity index (χ1n) is 11.0. The number of fused-ring (bicyclic) bond motifs is 1. The number of imidazole rings is 1. The summed E-state index contributed by atoms with van der Waals surface area (Å²) in [5.41, 5.74) is 1.81. The van der Waals surface area contributed by atoms with Crippen molar-refractivity contribution < 1.29 is 18.6 Å². The molecule has 0 spiro atoms. The molecule has 5 rings (SSSR count). The number of aliphatic hydroxyl groups excluding tert-OH is 1. The minimum atomic E-state index is -0.684. The molecular weight excluding hydrogens is 419 g/mol. The highest BCUT2D eigenvalue weighted by atomic mass is 19.1. The van der Waals surface area contributed by atoms with Gasteiger partial charge in [-0.2, -0.15) is 4.98 Å². The Kier molecular flexibility index (Phi) is 5.64. The largest absolute Gasteiger partial charge is 0.393 e. The molecule has 0 unspecified atom stereocenters. The maximum atomic E-state index is 14.5. The lowest BCUT2D eigenvalue weighted by Gasteiger charge is -2.26. The summed E-state index contributed by atoms with van der Waals surface area (Å²) >= 11 is 0. The van der Waals surface area contributed by atoms with Crippen LogP contribution in [0, 0.1) is 18.6 Å². The van der Waals surface area contributed by atoms with Crippen LogP contribution in [0.15, 0.2) is 18.3 Å². The molecule has 1 aliphatic heterocycles. The third kappa shape index (κ3) is 4.12. The Labute approximate surface area is 184 Å². The topological polar surface area (TPSA) is 97.1 Å². The highest BCUT2D eigenvalue weighted by molar-refractivity contribution is 5.77. The number of aliphatic hydroxyl groups is 1. The van der Waals surface area contributed by atoms with Crippen LogP contribution in [0.25, 0.3) is 11.2 Å². The molecule has 32 heavy (non-hydrogen) atoms.